The molecule has 3 nitrogen and oxygen atoms in total. The molecule has 1 rings (SSSR count). The third-order valence-electron chi connectivity index (χ3n) is 1.58. The van der Waals surface area contributed by atoms with E-state index >= 15 is 0 Å². The van der Waals surface area contributed by atoms with Crippen LogP contribution in [0.4, 0.5) is 5.69 Å². The molecule has 1 aromatic carbocycles. The van der Waals surface area contributed by atoms with Gasteiger partial charge >= 0.3 is 5.97 Å². The molecule has 0 bridgehead atoms. The molecule has 1 aromatic rings. The number of hydrogen-bond acceptors (Lipinski definition) is 3. The minimum Gasteiger partial charge on any atom is -0.459 e. The van der Waals surface area contributed by atoms with Gasteiger partial charge in [-0.3, -0.25) is 0 Å². The maximum Gasteiger partial charge on any atom is 0.340 e. The van der Waals surface area contributed by atoms with E-state index in [9.17, 15) is 4.79 Å². The molecule has 0 atom stereocenters. The zero-order chi connectivity index (χ0) is 10.7. The molecule has 4 heteroatoms. The van der Waals surface area contributed by atoms with Gasteiger partial charge in [0.15, 0.2) is 0 Å². The highest BCUT2D eigenvalue weighted by molar-refractivity contribution is 9.10. The van der Waals surface area contributed by atoms with E-state index in [0.717, 1.165) is 4.47 Å². The van der Waals surface area contributed by atoms with Crippen LogP contribution in [0.5, 0.6) is 0 Å². The molecule has 0 aliphatic carbocycles. The summed E-state index contributed by atoms with van der Waals surface area (Å²) in [7, 11) is 0. The lowest BCUT2D eigenvalue weighted by atomic mass is 10.2. The Morgan fingerprint density at radius 3 is 2.71 bits per heavy atom. The van der Waals surface area contributed by atoms with E-state index in [-0.39, 0.29) is 12.1 Å². The normalized spacial score (nSPS) is 10.3. The molecule has 0 fully saturated rings. The second-order valence-corrected chi connectivity index (χ2v) is 4.10. The van der Waals surface area contributed by atoms with Gasteiger partial charge in [0.05, 0.1) is 11.7 Å². The van der Waals surface area contributed by atoms with E-state index in [0.29, 0.717) is 11.3 Å². The fourth-order valence-corrected chi connectivity index (χ4v) is 1.34. The van der Waals surface area contributed by atoms with Gasteiger partial charge in [0.25, 0.3) is 0 Å². The van der Waals surface area contributed by atoms with Crippen molar-refractivity contribution in [2.75, 3.05) is 5.73 Å². The quantitative estimate of drug-likeness (QED) is 0.655. The van der Waals surface area contributed by atoms with Gasteiger partial charge in [-0.25, -0.2) is 4.79 Å². The van der Waals surface area contributed by atoms with Gasteiger partial charge in [0.1, 0.15) is 0 Å². The Hall–Kier alpha value is -1.03. The van der Waals surface area contributed by atoms with Crippen LogP contribution in [0.1, 0.15) is 24.2 Å². The Morgan fingerprint density at radius 2 is 2.14 bits per heavy atom. The molecule has 0 amide bonds. The summed E-state index contributed by atoms with van der Waals surface area (Å²) in [6, 6.07) is 5.10. The minimum atomic E-state index is -0.390. The summed E-state index contributed by atoms with van der Waals surface area (Å²) in [5, 5.41) is 0. The lowest BCUT2D eigenvalue weighted by molar-refractivity contribution is 0.0379. The van der Waals surface area contributed by atoms with E-state index in [4.69, 9.17) is 10.5 Å². The molecule has 0 saturated carbocycles. The third kappa shape index (κ3) is 2.73. The summed E-state index contributed by atoms with van der Waals surface area (Å²) in [5.41, 5.74) is 6.47. The first-order valence-corrected chi connectivity index (χ1v) is 5.06. The number of rotatable bonds is 2. The third-order valence-corrected chi connectivity index (χ3v) is 2.07. The molecule has 0 aromatic heterocycles. The molecule has 0 heterocycles. The van der Waals surface area contributed by atoms with E-state index < -0.39 is 0 Å². The highest BCUT2D eigenvalue weighted by Crippen LogP contribution is 2.19. The highest BCUT2D eigenvalue weighted by atomic mass is 79.9. The molecule has 0 saturated heterocycles. The SMILES string of the molecule is CC(C)OC(=O)c1cc(Br)ccc1N. The average Bonchev–Trinajstić information content (AvgIpc) is 2.08. The monoisotopic (exact) mass is 257 g/mol. The molecular formula is C10H12BrNO2. The Labute approximate surface area is 91.4 Å². The lowest BCUT2D eigenvalue weighted by Gasteiger charge is -2.09. The second-order valence-electron chi connectivity index (χ2n) is 3.19. The Kier molecular flexibility index (Phi) is 3.52. The molecule has 0 aliphatic rings. The molecule has 0 unspecified atom stereocenters. The number of hydrogen-bond donors (Lipinski definition) is 1. The van der Waals surface area contributed by atoms with Crippen molar-refractivity contribution in [3.05, 3.63) is 28.2 Å². The van der Waals surface area contributed by atoms with Crippen LogP contribution in [-0.4, -0.2) is 12.1 Å². The largest absolute Gasteiger partial charge is 0.459 e. The summed E-state index contributed by atoms with van der Waals surface area (Å²) in [6.45, 7) is 3.60. The number of carbonyl (C=O) groups excluding carboxylic acids is 1. The molecule has 76 valence electrons. The summed E-state index contributed by atoms with van der Waals surface area (Å²) < 4.78 is 5.84. The van der Waals surface area contributed by atoms with Crippen molar-refractivity contribution >= 4 is 27.6 Å². The van der Waals surface area contributed by atoms with E-state index in [1.807, 2.05) is 0 Å². The van der Waals surface area contributed by atoms with Gasteiger partial charge in [0, 0.05) is 10.2 Å². The van der Waals surface area contributed by atoms with Crippen molar-refractivity contribution in [2.24, 2.45) is 0 Å². The van der Waals surface area contributed by atoms with Crippen molar-refractivity contribution in [3.8, 4) is 0 Å². The lowest BCUT2D eigenvalue weighted by Crippen LogP contribution is -2.13. The predicted octanol–water partition coefficient (Wildman–Crippen LogP) is 2.60. The number of halogens is 1. The van der Waals surface area contributed by atoms with Gasteiger partial charge in [0.2, 0.25) is 0 Å². The van der Waals surface area contributed by atoms with E-state index in [2.05, 4.69) is 15.9 Å². The molecule has 0 aliphatic heterocycles. The molecular weight excluding hydrogens is 246 g/mol. The maximum absolute atomic E-state index is 11.5. The fourth-order valence-electron chi connectivity index (χ4n) is 0.983. The fraction of sp³-hybridized carbons (Fsp3) is 0.300. The van der Waals surface area contributed by atoms with Gasteiger partial charge in [-0.05, 0) is 32.0 Å². The van der Waals surface area contributed by atoms with Crippen LogP contribution in [0.15, 0.2) is 22.7 Å². The number of benzene rings is 1. The maximum atomic E-state index is 11.5. The standard InChI is InChI=1S/C10H12BrNO2/c1-6(2)14-10(13)8-5-7(11)3-4-9(8)12/h3-6H,12H2,1-2H3. The van der Waals surface area contributed by atoms with Crippen molar-refractivity contribution in [3.63, 3.8) is 0 Å². The van der Waals surface area contributed by atoms with Crippen molar-refractivity contribution in [1.82, 2.24) is 0 Å². The molecule has 2 N–H and O–H groups in total. The first-order chi connectivity index (χ1) is 6.50. The Balaban J connectivity index is 2.94. The first-order valence-electron chi connectivity index (χ1n) is 4.26. The minimum absolute atomic E-state index is 0.138. The summed E-state index contributed by atoms with van der Waals surface area (Å²) >= 11 is 3.27. The Bertz CT molecular complexity index is 350. The summed E-state index contributed by atoms with van der Waals surface area (Å²) in [4.78, 5) is 11.5. The zero-order valence-corrected chi connectivity index (χ0v) is 9.67. The number of nitrogens with two attached hydrogens (primary N) is 1. The van der Waals surface area contributed by atoms with Crippen LogP contribution in [0.2, 0.25) is 0 Å². The number of esters is 1. The first kappa shape index (κ1) is 11.0. The van der Waals surface area contributed by atoms with E-state index in [1.54, 1.807) is 32.0 Å². The van der Waals surface area contributed by atoms with Crippen molar-refractivity contribution in [2.45, 2.75) is 20.0 Å². The van der Waals surface area contributed by atoms with Gasteiger partial charge in [-0.1, -0.05) is 15.9 Å². The van der Waals surface area contributed by atoms with Gasteiger partial charge in [-0.15, -0.1) is 0 Å². The van der Waals surface area contributed by atoms with Crippen LogP contribution < -0.4 is 5.73 Å². The molecule has 0 spiro atoms. The summed E-state index contributed by atoms with van der Waals surface area (Å²) in [5.74, 6) is -0.390. The van der Waals surface area contributed by atoms with Crippen LogP contribution in [-0.2, 0) is 4.74 Å². The zero-order valence-electron chi connectivity index (χ0n) is 8.08. The number of anilines is 1. The number of ether oxygens (including phenoxy) is 1. The van der Waals surface area contributed by atoms with Crippen molar-refractivity contribution in [1.29, 1.82) is 0 Å². The predicted molar refractivity (Wildman–Crippen MR) is 59.1 cm³/mol. The topological polar surface area (TPSA) is 52.3 Å². The number of carbonyl (C=O) groups is 1. The van der Waals surface area contributed by atoms with Gasteiger partial charge in [-0.2, -0.15) is 0 Å². The second kappa shape index (κ2) is 4.46. The van der Waals surface area contributed by atoms with Crippen LogP contribution >= 0.6 is 15.9 Å². The average molecular weight is 258 g/mol. The van der Waals surface area contributed by atoms with Gasteiger partial charge < -0.3 is 10.5 Å². The number of nitrogen functional groups attached to an aromatic ring is 1. The van der Waals surface area contributed by atoms with Crippen LogP contribution in [0.3, 0.4) is 0 Å². The van der Waals surface area contributed by atoms with Crippen molar-refractivity contribution < 1.29 is 9.53 Å². The van der Waals surface area contributed by atoms with Crippen LogP contribution in [0.25, 0.3) is 0 Å². The highest BCUT2D eigenvalue weighted by Gasteiger charge is 2.12. The molecule has 14 heavy (non-hydrogen) atoms. The van der Waals surface area contributed by atoms with Crippen LogP contribution in [0, 0.1) is 0 Å². The summed E-state index contributed by atoms with van der Waals surface area (Å²) in [6.07, 6.45) is -0.138. The Morgan fingerprint density at radius 1 is 1.50 bits per heavy atom. The van der Waals surface area contributed by atoms with E-state index in [1.165, 1.54) is 0 Å². The smallest absolute Gasteiger partial charge is 0.340 e. The molecule has 0 radical (unpaired) electrons.